The van der Waals surface area contributed by atoms with E-state index < -0.39 is 14.3 Å². The van der Waals surface area contributed by atoms with Crippen molar-refractivity contribution in [2.75, 3.05) is 11.9 Å². The van der Waals surface area contributed by atoms with Crippen molar-refractivity contribution in [1.82, 2.24) is 4.73 Å². The minimum absolute atomic E-state index is 0.0290. The van der Waals surface area contributed by atoms with Crippen molar-refractivity contribution in [3.05, 3.63) is 0 Å². The molecule has 18 heavy (non-hydrogen) atoms. The molecule has 0 rings (SSSR count). The van der Waals surface area contributed by atoms with Crippen LogP contribution in [0.3, 0.4) is 0 Å². The van der Waals surface area contributed by atoms with Crippen molar-refractivity contribution in [2.45, 2.75) is 58.3 Å². The van der Waals surface area contributed by atoms with E-state index in [9.17, 15) is 10.0 Å². The van der Waals surface area contributed by atoms with Crippen LogP contribution in [0.1, 0.15) is 34.1 Å². The van der Waals surface area contributed by atoms with Crippen LogP contribution in [-0.4, -0.2) is 42.1 Å². The Labute approximate surface area is 120 Å². The Morgan fingerprint density at radius 2 is 1.94 bits per heavy atom. The molecule has 1 atom stereocenters. The topological polar surface area (TPSA) is 49.8 Å². The average Bonchev–Trinajstić information content (AvgIpc) is 2.23. The zero-order valence-electron chi connectivity index (χ0n) is 12.3. The molecular formula is C12H26BrNO3Si. The third-order valence-corrected chi connectivity index (χ3v) is 9.23. The first-order valence-corrected chi connectivity index (χ1v) is 10.4. The molecular weight excluding hydrogens is 314 g/mol. The molecule has 0 aliphatic carbocycles. The predicted octanol–water partition coefficient (Wildman–Crippen LogP) is 3.40. The van der Waals surface area contributed by atoms with Crippen LogP contribution in [0.2, 0.25) is 18.1 Å². The molecule has 108 valence electrons. The van der Waals surface area contributed by atoms with Gasteiger partial charge in [0, 0.05) is 5.33 Å². The Balaban J connectivity index is 5.07. The second kappa shape index (κ2) is 7.03. The van der Waals surface area contributed by atoms with Crippen LogP contribution in [0.5, 0.6) is 0 Å². The third kappa shape index (κ3) is 4.33. The van der Waals surface area contributed by atoms with E-state index in [4.69, 9.17) is 4.74 Å². The van der Waals surface area contributed by atoms with Crippen LogP contribution in [0.15, 0.2) is 0 Å². The van der Waals surface area contributed by atoms with Gasteiger partial charge in [0.25, 0.3) is 0 Å². The summed E-state index contributed by atoms with van der Waals surface area (Å²) < 4.78 is 6.33. The highest BCUT2D eigenvalue weighted by Gasteiger charge is 2.45. The van der Waals surface area contributed by atoms with Crippen molar-refractivity contribution in [3.8, 4) is 0 Å². The molecule has 0 amide bonds. The van der Waals surface area contributed by atoms with Gasteiger partial charge in [0.2, 0.25) is 0 Å². The summed E-state index contributed by atoms with van der Waals surface area (Å²) in [5.74, 6) is -0.343. The molecule has 0 aromatic rings. The van der Waals surface area contributed by atoms with Gasteiger partial charge < -0.3 is 9.94 Å². The number of hydrogen-bond acceptors (Lipinski definition) is 4. The Morgan fingerprint density at radius 1 is 1.44 bits per heavy atom. The van der Waals surface area contributed by atoms with Crippen molar-refractivity contribution in [2.24, 2.45) is 0 Å². The molecule has 0 spiro atoms. The maximum Gasteiger partial charge on any atom is 0.324 e. The zero-order valence-corrected chi connectivity index (χ0v) is 14.9. The van der Waals surface area contributed by atoms with Gasteiger partial charge >= 0.3 is 5.97 Å². The number of alkyl halides is 1. The van der Waals surface area contributed by atoms with E-state index in [0.29, 0.717) is 18.4 Å². The van der Waals surface area contributed by atoms with E-state index in [0.717, 1.165) is 0 Å². The van der Waals surface area contributed by atoms with Crippen molar-refractivity contribution in [1.29, 1.82) is 0 Å². The Kier molecular flexibility index (Phi) is 7.06. The fraction of sp³-hybridized carbons (Fsp3) is 0.917. The van der Waals surface area contributed by atoms with Gasteiger partial charge in [-0.25, -0.2) is 4.73 Å². The number of carbonyl (C=O) groups is 1. The number of carbonyl (C=O) groups excluding carboxylic acids is 1. The summed E-state index contributed by atoms with van der Waals surface area (Å²) in [5.41, 5.74) is 0. The van der Waals surface area contributed by atoms with Crippen LogP contribution >= 0.6 is 15.9 Å². The molecule has 0 saturated carbocycles. The average molecular weight is 340 g/mol. The molecule has 0 aliphatic rings. The SMILES string of the molecule is CCOC(=O)C(CCBr)N(O)[Si](C)(C)C(C)(C)C. The molecule has 0 saturated heterocycles. The number of ether oxygens (including phenoxy) is 1. The summed E-state index contributed by atoms with van der Waals surface area (Å²) in [7, 11) is -2.13. The van der Waals surface area contributed by atoms with Gasteiger partial charge in [0.05, 0.1) is 6.61 Å². The van der Waals surface area contributed by atoms with Gasteiger partial charge in [-0.2, -0.15) is 0 Å². The first kappa shape index (κ1) is 18.1. The molecule has 1 N–H and O–H groups in total. The Morgan fingerprint density at radius 3 is 2.28 bits per heavy atom. The molecule has 4 nitrogen and oxygen atoms in total. The minimum atomic E-state index is -2.13. The highest BCUT2D eigenvalue weighted by atomic mass is 79.9. The minimum Gasteiger partial charge on any atom is -0.465 e. The van der Waals surface area contributed by atoms with E-state index in [-0.39, 0.29) is 11.0 Å². The molecule has 0 aromatic carbocycles. The normalized spacial score (nSPS) is 14.7. The first-order chi connectivity index (χ1) is 8.09. The third-order valence-electron chi connectivity index (χ3n) is 3.64. The van der Waals surface area contributed by atoms with Crippen molar-refractivity contribution in [3.63, 3.8) is 0 Å². The van der Waals surface area contributed by atoms with Crippen molar-refractivity contribution < 1.29 is 14.7 Å². The van der Waals surface area contributed by atoms with E-state index in [1.54, 1.807) is 6.92 Å². The molecule has 0 fully saturated rings. The van der Waals surface area contributed by atoms with E-state index >= 15 is 0 Å². The number of nitrogens with zero attached hydrogens (tertiary/aromatic N) is 1. The fourth-order valence-corrected chi connectivity index (χ4v) is 3.55. The molecule has 0 aliphatic heterocycles. The Hall–Kier alpha value is 0.0869. The van der Waals surface area contributed by atoms with Crippen molar-refractivity contribution >= 4 is 30.1 Å². The summed E-state index contributed by atoms with van der Waals surface area (Å²) in [5, 5.41) is 11.1. The highest BCUT2D eigenvalue weighted by Crippen LogP contribution is 2.38. The van der Waals surface area contributed by atoms with Gasteiger partial charge in [0.1, 0.15) is 6.04 Å². The summed E-state index contributed by atoms with van der Waals surface area (Å²) in [6.07, 6.45) is 0.543. The Bertz CT molecular complexity index is 279. The quantitative estimate of drug-likeness (QED) is 0.348. The van der Waals surface area contributed by atoms with Gasteiger partial charge in [-0.15, -0.1) is 0 Å². The lowest BCUT2D eigenvalue weighted by Gasteiger charge is -2.44. The standard InChI is InChI=1S/C12H26BrNO3Si/c1-7-17-11(15)10(8-9-13)14(16)18(5,6)12(2,3)4/h10,16H,7-9H2,1-6H3. The molecule has 6 heteroatoms. The van der Waals surface area contributed by atoms with E-state index in [1.165, 1.54) is 4.73 Å². The second-order valence-corrected chi connectivity index (χ2v) is 11.8. The summed E-state index contributed by atoms with van der Waals surface area (Å²) in [6.45, 7) is 12.5. The fourth-order valence-electron chi connectivity index (χ4n) is 1.42. The summed E-state index contributed by atoms with van der Waals surface area (Å²) in [6, 6.07) is -0.579. The molecule has 0 aromatic heterocycles. The largest absolute Gasteiger partial charge is 0.465 e. The monoisotopic (exact) mass is 339 g/mol. The van der Waals surface area contributed by atoms with Gasteiger partial charge in [-0.3, -0.25) is 4.79 Å². The second-order valence-electron chi connectivity index (χ2n) is 5.90. The molecule has 0 heterocycles. The lowest BCUT2D eigenvalue weighted by molar-refractivity contribution is -0.159. The number of esters is 1. The summed E-state index contributed by atoms with van der Waals surface area (Å²) >= 11 is 3.32. The van der Waals surface area contributed by atoms with Crippen LogP contribution in [0.4, 0.5) is 0 Å². The molecule has 0 radical (unpaired) electrons. The van der Waals surface area contributed by atoms with Gasteiger partial charge in [-0.05, 0) is 18.4 Å². The predicted molar refractivity (Wildman–Crippen MR) is 79.7 cm³/mol. The maximum absolute atomic E-state index is 11.9. The van der Waals surface area contributed by atoms with Gasteiger partial charge in [-0.1, -0.05) is 49.8 Å². The maximum atomic E-state index is 11.9. The van der Waals surface area contributed by atoms with Crippen LogP contribution in [0, 0.1) is 0 Å². The number of rotatable bonds is 6. The number of halogens is 1. The van der Waals surface area contributed by atoms with Crippen LogP contribution in [0.25, 0.3) is 0 Å². The lowest BCUT2D eigenvalue weighted by Crippen LogP contribution is -2.59. The number of hydrogen-bond donors (Lipinski definition) is 1. The molecule has 1 unspecified atom stereocenters. The highest BCUT2D eigenvalue weighted by molar-refractivity contribution is 9.09. The zero-order chi connectivity index (χ0) is 14.6. The van der Waals surface area contributed by atoms with Crippen LogP contribution in [-0.2, 0) is 9.53 Å². The number of hydroxylamine groups is 1. The lowest BCUT2D eigenvalue weighted by atomic mass is 10.2. The van der Waals surface area contributed by atoms with Crippen LogP contribution < -0.4 is 0 Å². The summed E-state index contributed by atoms with van der Waals surface area (Å²) in [4.78, 5) is 11.9. The van der Waals surface area contributed by atoms with Gasteiger partial charge in [0.15, 0.2) is 8.24 Å². The molecule has 0 bridgehead atoms. The van der Waals surface area contributed by atoms with E-state index in [1.807, 2.05) is 0 Å². The van der Waals surface area contributed by atoms with E-state index in [2.05, 4.69) is 49.8 Å². The first-order valence-electron chi connectivity index (χ1n) is 6.30. The smallest absolute Gasteiger partial charge is 0.324 e.